The standard InChI is InChI=1S/C22H17BrN2O3/c23-19-12-10-16(11-13-19)20(22(27)24-14-25-28)15-6-8-18(9-7-15)21(26)17-4-2-1-3-5-17/h1-14,20,28H,(H,24,25,27)/t20-/m1/s1. The van der Waals surface area contributed by atoms with Gasteiger partial charge in [0.25, 0.3) is 0 Å². The third kappa shape index (κ3) is 4.53. The number of rotatable bonds is 6. The van der Waals surface area contributed by atoms with Crippen LogP contribution in [0.15, 0.2) is 88.5 Å². The summed E-state index contributed by atoms with van der Waals surface area (Å²) >= 11 is 3.39. The van der Waals surface area contributed by atoms with Crippen LogP contribution in [0.3, 0.4) is 0 Å². The predicted molar refractivity (Wildman–Crippen MR) is 111 cm³/mol. The molecule has 6 heteroatoms. The summed E-state index contributed by atoms with van der Waals surface area (Å²) in [4.78, 5) is 25.2. The molecule has 1 atom stereocenters. The van der Waals surface area contributed by atoms with E-state index in [-0.39, 0.29) is 11.7 Å². The summed E-state index contributed by atoms with van der Waals surface area (Å²) in [5.41, 5.74) is 2.64. The minimum Gasteiger partial charge on any atom is -0.410 e. The summed E-state index contributed by atoms with van der Waals surface area (Å²) in [6.07, 6.45) is 0.932. The molecule has 5 nitrogen and oxygen atoms in total. The highest BCUT2D eigenvalue weighted by Gasteiger charge is 2.23. The molecule has 0 spiro atoms. The Bertz CT molecular complexity index is 985. The number of nitrogens with zero attached hydrogens (tertiary/aromatic N) is 1. The number of hydrogen-bond acceptors (Lipinski definition) is 4. The SMILES string of the molecule is O=C(c1ccccc1)c1ccc([C@@H](C(=O)N/C=N\O)c2ccc(Br)cc2)cc1. The summed E-state index contributed by atoms with van der Waals surface area (Å²) in [5.74, 6) is -1.04. The van der Waals surface area contributed by atoms with Crippen molar-refractivity contribution in [2.24, 2.45) is 5.16 Å². The van der Waals surface area contributed by atoms with Gasteiger partial charge < -0.3 is 10.5 Å². The number of carbonyl (C=O) groups is 2. The van der Waals surface area contributed by atoms with Crippen LogP contribution in [0.5, 0.6) is 0 Å². The van der Waals surface area contributed by atoms with Crippen molar-refractivity contribution in [1.29, 1.82) is 0 Å². The second-order valence-corrected chi connectivity index (χ2v) is 6.97. The summed E-state index contributed by atoms with van der Waals surface area (Å²) < 4.78 is 0.899. The van der Waals surface area contributed by atoms with Crippen LogP contribution in [0.1, 0.15) is 33.0 Å². The molecule has 140 valence electrons. The van der Waals surface area contributed by atoms with Crippen LogP contribution < -0.4 is 5.32 Å². The summed E-state index contributed by atoms with van der Waals surface area (Å²) in [6.45, 7) is 0. The summed E-state index contributed by atoms with van der Waals surface area (Å²) in [5, 5.41) is 13.9. The van der Waals surface area contributed by atoms with Crippen LogP contribution in [0.2, 0.25) is 0 Å². The van der Waals surface area contributed by atoms with Crippen molar-refractivity contribution in [2.45, 2.75) is 5.92 Å². The number of ketones is 1. The Hall–Kier alpha value is -3.25. The second-order valence-electron chi connectivity index (χ2n) is 6.05. The number of carbonyl (C=O) groups excluding carboxylic acids is 2. The largest absolute Gasteiger partial charge is 0.410 e. The number of oxime groups is 1. The fraction of sp³-hybridized carbons (Fsp3) is 0.0455. The predicted octanol–water partition coefficient (Wildman–Crippen LogP) is 4.35. The molecule has 28 heavy (non-hydrogen) atoms. The lowest BCUT2D eigenvalue weighted by molar-refractivity contribution is -0.120. The number of hydrogen-bond donors (Lipinski definition) is 2. The summed E-state index contributed by atoms with van der Waals surface area (Å²) in [6, 6.07) is 23.4. The Morgan fingerprint density at radius 2 is 1.39 bits per heavy atom. The van der Waals surface area contributed by atoms with E-state index in [1.807, 2.05) is 42.5 Å². The lowest BCUT2D eigenvalue weighted by atomic mass is 9.89. The molecule has 0 fully saturated rings. The van der Waals surface area contributed by atoms with Crippen LogP contribution in [-0.4, -0.2) is 23.2 Å². The normalized spacial score (nSPS) is 11.9. The maximum absolute atomic E-state index is 12.6. The Morgan fingerprint density at radius 1 is 0.857 bits per heavy atom. The quantitative estimate of drug-likeness (QED) is 0.198. The van der Waals surface area contributed by atoms with Crippen molar-refractivity contribution in [2.75, 3.05) is 0 Å². The maximum atomic E-state index is 12.6. The van der Waals surface area contributed by atoms with Gasteiger partial charge in [-0.05, 0) is 23.3 Å². The number of amides is 1. The molecule has 1 amide bonds. The van der Waals surface area contributed by atoms with Gasteiger partial charge in [-0.1, -0.05) is 87.8 Å². The monoisotopic (exact) mass is 436 g/mol. The molecule has 0 aromatic heterocycles. The van der Waals surface area contributed by atoms with Crippen molar-refractivity contribution in [1.82, 2.24) is 5.32 Å². The van der Waals surface area contributed by atoms with E-state index >= 15 is 0 Å². The van der Waals surface area contributed by atoms with Gasteiger partial charge in [0, 0.05) is 15.6 Å². The molecule has 3 rings (SSSR count). The van der Waals surface area contributed by atoms with Crippen molar-refractivity contribution in [3.8, 4) is 0 Å². The smallest absolute Gasteiger partial charge is 0.237 e. The van der Waals surface area contributed by atoms with Gasteiger partial charge >= 0.3 is 0 Å². The Balaban J connectivity index is 1.93. The molecule has 0 radical (unpaired) electrons. The van der Waals surface area contributed by atoms with Gasteiger partial charge in [-0.15, -0.1) is 0 Å². The van der Waals surface area contributed by atoms with E-state index in [1.165, 1.54) is 0 Å². The fourth-order valence-electron chi connectivity index (χ4n) is 2.91. The first kappa shape index (κ1) is 19.5. The molecule has 2 N–H and O–H groups in total. The molecule has 0 saturated heterocycles. The first-order valence-corrected chi connectivity index (χ1v) is 9.31. The van der Waals surface area contributed by atoms with E-state index in [4.69, 9.17) is 5.21 Å². The molecule has 0 aliphatic carbocycles. The fourth-order valence-corrected chi connectivity index (χ4v) is 3.17. The van der Waals surface area contributed by atoms with Gasteiger partial charge in [0.1, 0.15) is 6.34 Å². The lowest BCUT2D eigenvalue weighted by Gasteiger charge is -2.17. The van der Waals surface area contributed by atoms with Crippen molar-refractivity contribution >= 4 is 34.0 Å². The van der Waals surface area contributed by atoms with Crippen molar-refractivity contribution in [3.63, 3.8) is 0 Å². The highest BCUT2D eigenvalue weighted by atomic mass is 79.9. The zero-order valence-corrected chi connectivity index (χ0v) is 16.3. The van der Waals surface area contributed by atoms with E-state index in [1.54, 1.807) is 36.4 Å². The maximum Gasteiger partial charge on any atom is 0.237 e. The molecular formula is C22H17BrN2O3. The minimum absolute atomic E-state index is 0.0794. The van der Waals surface area contributed by atoms with Crippen molar-refractivity contribution in [3.05, 3.63) is 106 Å². The van der Waals surface area contributed by atoms with Crippen LogP contribution in [0, 0.1) is 0 Å². The zero-order chi connectivity index (χ0) is 19.9. The van der Waals surface area contributed by atoms with E-state index in [2.05, 4.69) is 26.4 Å². The van der Waals surface area contributed by atoms with E-state index in [0.29, 0.717) is 11.1 Å². The van der Waals surface area contributed by atoms with Gasteiger partial charge in [0.15, 0.2) is 5.78 Å². The van der Waals surface area contributed by atoms with E-state index in [9.17, 15) is 9.59 Å². The van der Waals surface area contributed by atoms with Crippen LogP contribution in [0.4, 0.5) is 0 Å². The first-order valence-electron chi connectivity index (χ1n) is 8.51. The molecule has 0 heterocycles. The van der Waals surface area contributed by atoms with E-state index < -0.39 is 5.92 Å². The van der Waals surface area contributed by atoms with Gasteiger partial charge in [-0.3, -0.25) is 9.59 Å². The molecule has 3 aromatic rings. The van der Waals surface area contributed by atoms with Crippen LogP contribution in [-0.2, 0) is 4.79 Å². The molecule has 0 unspecified atom stereocenters. The molecule has 3 aromatic carbocycles. The third-order valence-corrected chi connectivity index (χ3v) is 4.80. The molecular weight excluding hydrogens is 420 g/mol. The van der Waals surface area contributed by atoms with Gasteiger partial charge in [-0.2, -0.15) is 0 Å². The van der Waals surface area contributed by atoms with Gasteiger partial charge in [0.05, 0.1) is 5.92 Å². The molecule has 0 aliphatic heterocycles. The summed E-state index contributed by atoms with van der Waals surface area (Å²) in [7, 11) is 0. The molecule has 0 bridgehead atoms. The number of benzene rings is 3. The van der Waals surface area contributed by atoms with Crippen LogP contribution in [0.25, 0.3) is 0 Å². The van der Waals surface area contributed by atoms with E-state index in [0.717, 1.165) is 21.9 Å². The molecule has 0 saturated carbocycles. The Labute approximate surface area is 170 Å². The number of halogens is 1. The Morgan fingerprint density at radius 3 is 1.96 bits per heavy atom. The van der Waals surface area contributed by atoms with Gasteiger partial charge in [-0.25, -0.2) is 0 Å². The zero-order valence-electron chi connectivity index (χ0n) is 14.7. The highest BCUT2D eigenvalue weighted by molar-refractivity contribution is 9.10. The Kier molecular flexibility index (Phi) is 6.34. The minimum atomic E-state index is -0.619. The van der Waals surface area contributed by atoms with Crippen LogP contribution >= 0.6 is 15.9 Å². The third-order valence-electron chi connectivity index (χ3n) is 4.27. The average Bonchev–Trinajstić information content (AvgIpc) is 2.74. The number of nitrogens with one attached hydrogen (secondary N) is 1. The topological polar surface area (TPSA) is 78.8 Å². The lowest BCUT2D eigenvalue weighted by Crippen LogP contribution is -2.29. The van der Waals surface area contributed by atoms with Gasteiger partial charge in [0.2, 0.25) is 5.91 Å². The highest BCUT2D eigenvalue weighted by Crippen LogP contribution is 2.27. The van der Waals surface area contributed by atoms with Crippen molar-refractivity contribution < 1.29 is 14.8 Å². The molecule has 0 aliphatic rings. The average molecular weight is 437 g/mol. The first-order chi connectivity index (χ1) is 13.6. The second kappa shape index (κ2) is 9.10.